The normalized spacial score (nSPS) is 14.3. The number of cyclic esters (lactones) is 1. The van der Waals surface area contributed by atoms with Crippen LogP contribution in [-0.4, -0.2) is 19.0 Å². The molecule has 3 aromatic rings. The molecule has 3 aromatic carbocycles. The van der Waals surface area contributed by atoms with Crippen LogP contribution in [-0.2, 0) is 16.1 Å². The molecule has 0 N–H and O–H groups in total. The number of rotatable bonds is 6. The van der Waals surface area contributed by atoms with Crippen LogP contribution in [0.25, 0.3) is 6.08 Å². The summed E-state index contributed by atoms with van der Waals surface area (Å²) >= 11 is 15.5. The van der Waals surface area contributed by atoms with Gasteiger partial charge in [-0.25, -0.2) is 9.79 Å². The summed E-state index contributed by atoms with van der Waals surface area (Å²) < 4.78 is 17.6. The summed E-state index contributed by atoms with van der Waals surface area (Å²) in [7, 11) is 1.56. The number of hydrogen-bond acceptors (Lipinski definition) is 5. The first-order valence-corrected chi connectivity index (χ1v) is 11.0. The third kappa shape index (κ3) is 4.99. The molecule has 1 aliphatic rings. The average Bonchev–Trinajstić information content (AvgIpc) is 3.15. The summed E-state index contributed by atoms with van der Waals surface area (Å²) in [4.78, 5) is 16.6. The topological polar surface area (TPSA) is 57.1 Å². The van der Waals surface area contributed by atoms with Crippen molar-refractivity contribution in [3.05, 3.63) is 97.6 Å². The highest BCUT2D eigenvalue weighted by atomic mass is 79.9. The quantitative estimate of drug-likeness (QED) is 0.262. The Balaban J connectivity index is 1.55. The summed E-state index contributed by atoms with van der Waals surface area (Å²) in [5.41, 5.74) is 2.44. The van der Waals surface area contributed by atoms with E-state index in [1.807, 2.05) is 30.3 Å². The van der Waals surface area contributed by atoms with E-state index in [1.165, 1.54) is 0 Å². The predicted molar refractivity (Wildman–Crippen MR) is 129 cm³/mol. The van der Waals surface area contributed by atoms with E-state index in [0.717, 1.165) is 10.0 Å². The fourth-order valence-corrected chi connectivity index (χ4v) is 3.68. The van der Waals surface area contributed by atoms with Crippen molar-refractivity contribution in [3.8, 4) is 11.5 Å². The van der Waals surface area contributed by atoms with Gasteiger partial charge in [-0.2, -0.15) is 0 Å². The molecule has 162 valence electrons. The van der Waals surface area contributed by atoms with E-state index in [2.05, 4.69) is 20.9 Å². The van der Waals surface area contributed by atoms with Crippen LogP contribution in [0.2, 0.25) is 10.0 Å². The van der Waals surface area contributed by atoms with Crippen LogP contribution in [0.5, 0.6) is 11.5 Å². The molecule has 0 fully saturated rings. The summed E-state index contributed by atoms with van der Waals surface area (Å²) in [6, 6.07) is 18.1. The zero-order chi connectivity index (χ0) is 22.7. The van der Waals surface area contributed by atoms with Crippen molar-refractivity contribution < 1.29 is 19.0 Å². The molecule has 5 nitrogen and oxygen atoms in total. The molecule has 8 heteroatoms. The van der Waals surface area contributed by atoms with Gasteiger partial charge in [-0.05, 0) is 48.0 Å². The fourth-order valence-electron chi connectivity index (χ4n) is 2.98. The highest BCUT2D eigenvalue weighted by molar-refractivity contribution is 9.10. The molecule has 32 heavy (non-hydrogen) atoms. The lowest BCUT2D eigenvalue weighted by Crippen LogP contribution is -2.05. The van der Waals surface area contributed by atoms with Gasteiger partial charge in [-0.15, -0.1) is 0 Å². The van der Waals surface area contributed by atoms with Gasteiger partial charge in [0, 0.05) is 15.6 Å². The van der Waals surface area contributed by atoms with Crippen molar-refractivity contribution in [3.63, 3.8) is 0 Å². The average molecular weight is 533 g/mol. The zero-order valence-electron chi connectivity index (χ0n) is 16.8. The van der Waals surface area contributed by atoms with Crippen molar-refractivity contribution in [2.24, 2.45) is 4.99 Å². The van der Waals surface area contributed by atoms with E-state index in [4.69, 9.17) is 37.4 Å². The van der Waals surface area contributed by atoms with Crippen LogP contribution in [0.4, 0.5) is 0 Å². The van der Waals surface area contributed by atoms with Crippen LogP contribution < -0.4 is 9.47 Å². The second kappa shape index (κ2) is 9.77. The first-order chi connectivity index (χ1) is 15.4. The lowest BCUT2D eigenvalue weighted by atomic mass is 10.1. The second-order valence-electron chi connectivity index (χ2n) is 6.76. The summed E-state index contributed by atoms with van der Waals surface area (Å²) in [5, 5.41) is 0.758. The van der Waals surface area contributed by atoms with Gasteiger partial charge >= 0.3 is 5.97 Å². The Morgan fingerprint density at radius 1 is 1.03 bits per heavy atom. The van der Waals surface area contributed by atoms with Crippen LogP contribution in [0.3, 0.4) is 0 Å². The summed E-state index contributed by atoms with van der Waals surface area (Å²) in [6.07, 6.45) is 1.62. The number of ether oxygens (including phenoxy) is 3. The minimum atomic E-state index is -0.556. The molecular weight excluding hydrogens is 517 g/mol. The number of methoxy groups -OCH3 is 1. The molecule has 0 amide bonds. The Morgan fingerprint density at radius 3 is 2.59 bits per heavy atom. The van der Waals surface area contributed by atoms with E-state index in [1.54, 1.807) is 43.5 Å². The van der Waals surface area contributed by atoms with E-state index in [-0.39, 0.29) is 11.6 Å². The fraction of sp³-hybridized carbons (Fsp3) is 0.0833. The molecule has 0 unspecified atom stereocenters. The van der Waals surface area contributed by atoms with E-state index in [0.29, 0.717) is 39.3 Å². The van der Waals surface area contributed by atoms with E-state index >= 15 is 0 Å². The molecule has 0 saturated carbocycles. The number of halogens is 3. The minimum absolute atomic E-state index is 0.162. The smallest absolute Gasteiger partial charge is 0.363 e. The van der Waals surface area contributed by atoms with Gasteiger partial charge in [0.15, 0.2) is 17.2 Å². The maximum absolute atomic E-state index is 12.3. The second-order valence-corrected chi connectivity index (χ2v) is 8.42. The Labute approximate surface area is 203 Å². The number of carbonyl (C=O) groups excluding carboxylic acids is 1. The van der Waals surface area contributed by atoms with Crippen molar-refractivity contribution in [1.82, 2.24) is 0 Å². The van der Waals surface area contributed by atoms with Gasteiger partial charge in [0.05, 0.1) is 17.2 Å². The molecule has 1 heterocycles. The van der Waals surface area contributed by atoms with Crippen molar-refractivity contribution in [2.75, 3.05) is 7.11 Å². The molecule has 0 bridgehead atoms. The third-order valence-corrected chi connectivity index (χ3v) is 6.13. The van der Waals surface area contributed by atoms with Gasteiger partial charge in [-0.3, -0.25) is 0 Å². The van der Waals surface area contributed by atoms with E-state index < -0.39 is 5.97 Å². The molecule has 0 radical (unpaired) electrons. The molecule has 1 aliphatic heterocycles. The largest absolute Gasteiger partial charge is 0.493 e. The van der Waals surface area contributed by atoms with Crippen LogP contribution in [0, 0.1) is 0 Å². The van der Waals surface area contributed by atoms with Gasteiger partial charge in [0.25, 0.3) is 0 Å². The SMILES string of the molecule is COc1cc(/C=C2\N=C(c3ccc(Cl)c(Cl)c3)OC2=O)ccc1OCc1ccccc1Br. The van der Waals surface area contributed by atoms with Gasteiger partial charge < -0.3 is 14.2 Å². The van der Waals surface area contributed by atoms with Gasteiger partial charge in [0.2, 0.25) is 5.90 Å². The molecule has 0 atom stereocenters. The number of hydrogen-bond donors (Lipinski definition) is 0. The molecule has 0 aromatic heterocycles. The lowest BCUT2D eigenvalue weighted by molar-refractivity contribution is -0.129. The van der Waals surface area contributed by atoms with Crippen LogP contribution >= 0.6 is 39.1 Å². The monoisotopic (exact) mass is 531 g/mol. The minimum Gasteiger partial charge on any atom is -0.493 e. The highest BCUT2D eigenvalue weighted by Gasteiger charge is 2.24. The molecular formula is C24H16BrCl2NO4. The number of carbonyl (C=O) groups is 1. The number of nitrogens with zero attached hydrogens (tertiary/aromatic N) is 1. The Hall–Kier alpha value is -2.80. The first-order valence-electron chi connectivity index (χ1n) is 9.47. The number of esters is 1. The van der Waals surface area contributed by atoms with Crippen LogP contribution in [0.1, 0.15) is 16.7 Å². The molecule has 0 saturated heterocycles. The molecule has 4 rings (SSSR count). The Morgan fingerprint density at radius 2 is 1.84 bits per heavy atom. The van der Waals surface area contributed by atoms with Crippen molar-refractivity contribution in [2.45, 2.75) is 6.61 Å². The molecule has 0 aliphatic carbocycles. The summed E-state index contributed by atoms with van der Waals surface area (Å²) in [6.45, 7) is 0.377. The van der Waals surface area contributed by atoms with Crippen LogP contribution in [0.15, 0.2) is 75.8 Å². The van der Waals surface area contributed by atoms with Gasteiger partial charge in [-0.1, -0.05) is 63.4 Å². The zero-order valence-corrected chi connectivity index (χ0v) is 19.9. The van der Waals surface area contributed by atoms with Gasteiger partial charge in [0.1, 0.15) is 6.61 Å². The first kappa shape index (κ1) is 22.4. The standard InChI is InChI=1S/C24H16BrCl2NO4/c1-30-22-11-14(6-9-21(22)31-13-16-4-2-3-5-17(16)25)10-20-24(29)32-23(28-20)15-7-8-18(26)19(27)12-15/h2-12H,13H2,1H3/b20-10-. The predicted octanol–water partition coefficient (Wildman–Crippen LogP) is 6.69. The van der Waals surface area contributed by atoms with Crippen molar-refractivity contribution >= 4 is 57.1 Å². The maximum Gasteiger partial charge on any atom is 0.363 e. The third-order valence-electron chi connectivity index (χ3n) is 4.62. The number of benzene rings is 3. The number of aliphatic imine (C=N–C) groups is 1. The Kier molecular flexibility index (Phi) is 6.84. The van der Waals surface area contributed by atoms with E-state index in [9.17, 15) is 4.79 Å². The maximum atomic E-state index is 12.3. The summed E-state index contributed by atoms with van der Waals surface area (Å²) in [5.74, 6) is 0.727. The molecule has 0 spiro atoms. The Bertz CT molecular complexity index is 1260. The lowest BCUT2D eigenvalue weighted by Gasteiger charge is -2.12. The highest BCUT2D eigenvalue weighted by Crippen LogP contribution is 2.31. The van der Waals surface area contributed by atoms with Crippen molar-refractivity contribution in [1.29, 1.82) is 0 Å².